The van der Waals surface area contributed by atoms with E-state index in [2.05, 4.69) is 20.8 Å². The van der Waals surface area contributed by atoms with Gasteiger partial charge in [-0.2, -0.15) is 0 Å². The molecule has 0 fully saturated rings. The molecule has 0 bridgehead atoms. The summed E-state index contributed by atoms with van der Waals surface area (Å²) in [7, 11) is 0. The van der Waals surface area contributed by atoms with Crippen LogP contribution >= 0.6 is 0 Å². The lowest BCUT2D eigenvalue weighted by Crippen LogP contribution is -2.28. The Kier molecular flexibility index (Phi) is 3.74. The predicted octanol–water partition coefficient (Wildman–Crippen LogP) is 1.25. The third kappa shape index (κ3) is 2.87. The molecule has 2 rings (SSSR count). The first-order valence-corrected chi connectivity index (χ1v) is 5.95. The van der Waals surface area contributed by atoms with Gasteiger partial charge in [-0.3, -0.25) is 0 Å². The number of aryl methyl sites for hydroxylation is 1. The standard InChI is InChI=1S/C12H15N5O2/c1-3-10(12(18)19)14-9-4-5-11(8(2)6-9)17-7-13-15-16-17/h4-7,10,14H,3H2,1-2H3,(H,18,19). The summed E-state index contributed by atoms with van der Waals surface area (Å²) in [6, 6.07) is 4.96. The number of tetrazole rings is 1. The Morgan fingerprint density at radius 1 is 1.53 bits per heavy atom. The van der Waals surface area contributed by atoms with Crippen LogP contribution in [0.15, 0.2) is 24.5 Å². The van der Waals surface area contributed by atoms with E-state index in [0.717, 1.165) is 16.9 Å². The van der Waals surface area contributed by atoms with Gasteiger partial charge in [0, 0.05) is 5.69 Å². The van der Waals surface area contributed by atoms with Crippen molar-refractivity contribution in [3.8, 4) is 5.69 Å². The molecule has 0 aliphatic rings. The zero-order valence-electron chi connectivity index (χ0n) is 10.7. The number of carboxylic acids is 1. The molecule has 1 aromatic carbocycles. The van der Waals surface area contributed by atoms with Gasteiger partial charge in [0.05, 0.1) is 5.69 Å². The van der Waals surface area contributed by atoms with E-state index in [0.29, 0.717) is 6.42 Å². The van der Waals surface area contributed by atoms with Gasteiger partial charge >= 0.3 is 5.97 Å². The third-order valence-electron chi connectivity index (χ3n) is 2.84. The Balaban J connectivity index is 2.22. The van der Waals surface area contributed by atoms with E-state index in [1.165, 1.54) is 6.33 Å². The largest absolute Gasteiger partial charge is 0.480 e. The van der Waals surface area contributed by atoms with Crippen molar-refractivity contribution >= 4 is 11.7 Å². The van der Waals surface area contributed by atoms with E-state index in [1.54, 1.807) is 4.68 Å². The monoisotopic (exact) mass is 261 g/mol. The molecule has 0 saturated heterocycles. The molecule has 0 saturated carbocycles. The number of aliphatic carboxylic acids is 1. The molecule has 100 valence electrons. The lowest BCUT2D eigenvalue weighted by atomic mass is 10.1. The fourth-order valence-corrected chi connectivity index (χ4v) is 1.81. The maximum Gasteiger partial charge on any atom is 0.326 e. The highest BCUT2D eigenvalue weighted by atomic mass is 16.4. The summed E-state index contributed by atoms with van der Waals surface area (Å²) < 4.78 is 1.56. The Morgan fingerprint density at radius 3 is 2.84 bits per heavy atom. The van der Waals surface area contributed by atoms with E-state index in [1.807, 2.05) is 32.0 Å². The van der Waals surface area contributed by atoms with Crippen molar-refractivity contribution in [2.45, 2.75) is 26.3 Å². The minimum Gasteiger partial charge on any atom is -0.480 e. The molecular weight excluding hydrogens is 246 g/mol. The molecule has 1 unspecified atom stereocenters. The predicted molar refractivity (Wildman–Crippen MR) is 69.2 cm³/mol. The average Bonchev–Trinajstić information content (AvgIpc) is 2.89. The van der Waals surface area contributed by atoms with Gasteiger partial charge in [0.1, 0.15) is 12.4 Å². The van der Waals surface area contributed by atoms with E-state index >= 15 is 0 Å². The van der Waals surface area contributed by atoms with Crippen LogP contribution in [0.2, 0.25) is 0 Å². The fraction of sp³-hybridized carbons (Fsp3) is 0.333. The first-order valence-electron chi connectivity index (χ1n) is 5.95. The van der Waals surface area contributed by atoms with Crippen LogP contribution < -0.4 is 5.32 Å². The molecular formula is C12H15N5O2. The molecule has 1 aromatic heterocycles. The zero-order chi connectivity index (χ0) is 13.8. The molecule has 19 heavy (non-hydrogen) atoms. The number of nitrogens with one attached hydrogen (secondary N) is 1. The van der Waals surface area contributed by atoms with Crippen LogP contribution in [0.25, 0.3) is 5.69 Å². The lowest BCUT2D eigenvalue weighted by Gasteiger charge is -2.15. The summed E-state index contributed by atoms with van der Waals surface area (Å²) in [5.74, 6) is -0.857. The molecule has 0 spiro atoms. The summed E-state index contributed by atoms with van der Waals surface area (Å²) in [6.07, 6.45) is 2.03. The Morgan fingerprint density at radius 2 is 2.32 bits per heavy atom. The molecule has 0 amide bonds. The van der Waals surface area contributed by atoms with Gasteiger partial charge in [-0.1, -0.05) is 6.92 Å². The third-order valence-corrected chi connectivity index (χ3v) is 2.84. The summed E-state index contributed by atoms with van der Waals surface area (Å²) in [6.45, 7) is 3.75. The SMILES string of the molecule is CCC(Nc1ccc(-n2cnnn2)c(C)c1)C(=O)O. The summed E-state index contributed by atoms with van der Waals surface area (Å²) in [5.41, 5.74) is 2.58. The molecule has 1 heterocycles. The van der Waals surface area contributed by atoms with E-state index in [-0.39, 0.29) is 0 Å². The lowest BCUT2D eigenvalue weighted by molar-refractivity contribution is -0.137. The van der Waals surface area contributed by atoms with Crippen LogP contribution in [-0.4, -0.2) is 37.3 Å². The molecule has 7 heteroatoms. The van der Waals surface area contributed by atoms with Gasteiger partial charge in [-0.15, -0.1) is 5.10 Å². The van der Waals surface area contributed by atoms with Crippen LogP contribution in [0.4, 0.5) is 5.69 Å². The van der Waals surface area contributed by atoms with E-state index in [4.69, 9.17) is 5.11 Å². The molecule has 0 aliphatic carbocycles. The number of carbonyl (C=O) groups is 1. The first kappa shape index (κ1) is 13.0. The van der Waals surface area contributed by atoms with E-state index in [9.17, 15) is 4.79 Å². The minimum atomic E-state index is -0.857. The molecule has 2 aromatic rings. The van der Waals surface area contributed by atoms with Crippen LogP contribution in [0.3, 0.4) is 0 Å². The number of benzene rings is 1. The molecule has 7 nitrogen and oxygen atoms in total. The maximum absolute atomic E-state index is 11.0. The topological polar surface area (TPSA) is 92.9 Å². The minimum absolute atomic E-state index is 0.517. The van der Waals surface area contributed by atoms with E-state index < -0.39 is 12.0 Å². The van der Waals surface area contributed by atoms with Crippen LogP contribution in [0.5, 0.6) is 0 Å². The van der Waals surface area contributed by atoms with Crippen LogP contribution in [0, 0.1) is 6.92 Å². The normalized spacial score (nSPS) is 12.1. The van der Waals surface area contributed by atoms with Gasteiger partial charge < -0.3 is 10.4 Å². The van der Waals surface area contributed by atoms with Gasteiger partial charge in [-0.25, -0.2) is 9.48 Å². The highest BCUT2D eigenvalue weighted by molar-refractivity contribution is 5.77. The highest BCUT2D eigenvalue weighted by Crippen LogP contribution is 2.18. The fourth-order valence-electron chi connectivity index (χ4n) is 1.81. The maximum atomic E-state index is 11.0. The summed E-state index contributed by atoms with van der Waals surface area (Å²) in [5, 5.41) is 23.0. The molecule has 1 atom stereocenters. The van der Waals surface area contributed by atoms with Crippen molar-refractivity contribution in [3.63, 3.8) is 0 Å². The van der Waals surface area contributed by atoms with Gasteiger partial charge in [0.15, 0.2) is 0 Å². The van der Waals surface area contributed by atoms with Crippen molar-refractivity contribution in [1.29, 1.82) is 0 Å². The number of carboxylic acid groups (broad SMARTS) is 1. The van der Waals surface area contributed by atoms with Gasteiger partial charge in [0.25, 0.3) is 0 Å². The van der Waals surface area contributed by atoms with Crippen molar-refractivity contribution in [2.24, 2.45) is 0 Å². The highest BCUT2D eigenvalue weighted by Gasteiger charge is 2.14. The second kappa shape index (κ2) is 5.47. The second-order valence-corrected chi connectivity index (χ2v) is 4.20. The van der Waals surface area contributed by atoms with Crippen molar-refractivity contribution in [1.82, 2.24) is 20.2 Å². The number of rotatable bonds is 5. The zero-order valence-corrected chi connectivity index (χ0v) is 10.7. The smallest absolute Gasteiger partial charge is 0.326 e. The molecule has 2 N–H and O–H groups in total. The Hall–Kier alpha value is -2.44. The van der Waals surface area contributed by atoms with Gasteiger partial charge in [-0.05, 0) is 47.5 Å². The van der Waals surface area contributed by atoms with Crippen LogP contribution in [-0.2, 0) is 4.79 Å². The Labute approximate surface area is 110 Å². The second-order valence-electron chi connectivity index (χ2n) is 4.20. The van der Waals surface area contributed by atoms with Gasteiger partial charge in [0.2, 0.25) is 0 Å². The number of hydrogen-bond acceptors (Lipinski definition) is 5. The number of nitrogens with zero attached hydrogens (tertiary/aromatic N) is 4. The first-order chi connectivity index (χ1) is 9.11. The average molecular weight is 261 g/mol. The summed E-state index contributed by atoms with van der Waals surface area (Å²) in [4.78, 5) is 11.0. The number of aromatic nitrogens is 4. The van der Waals surface area contributed by atoms with Crippen LogP contribution in [0.1, 0.15) is 18.9 Å². The number of anilines is 1. The number of hydrogen-bond donors (Lipinski definition) is 2. The van der Waals surface area contributed by atoms with Crippen molar-refractivity contribution in [2.75, 3.05) is 5.32 Å². The molecule has 0 radical (unpaired) electrons. The quantitative estimate of drug-likeness (QED) is 0.841. The molecule has 0 aliphatic heterocycles. The Bertz CT molecular complexity index is 568. The van der Waals surface area contributed by atoms with Crippen molar-refractivity contribution < 1.29 is 9.90 Å². The summed E-state index contributed by atoms with van der Waals surface area (Å²) >= 11 is 0. The van der Waals surface area contributed by atoms with Crippen molar-refractivity contribution in [3.05, 3.63) is 30.1 Å².